The molecule has 6 nitrogen and oxygen atoms in total. The van der Waals surface area contributed by atoms with Gasteiger partial charge in [0.15, 0.2) is 11.9 Å². The Bertz CT molecular complexity index is 1000. The Labute approximate surface area is 131 Å². The first-order chi connectivity index (χ1) is 11.1. The summed E-state index contributed by atoms with van der Waals surface area (Å²) in [5.41, 5.74) is 2.83. The Morgan fingerprint density at radius 1 is 1.17 bits per heavy atom. The highest BCUT2D eigenvalue weighted by atomic mass is 16.5. The van der Waals surface area contributed by atoms with Crippen LogP contribution >= 0.6 is 0 Å². The molecule has 0 fully saturated rings. The molecule has 1 aliphatic rings. The van der Waals surface area contributed by atoms with E-state index in [1.807, 2.05) is 18.2 Å². The molecule has 3 heterocycles. The van der Waals surface area contributed by atoms with Gasteiger partial charge < -0.3 is 19.6 Å². The first kappa shape index (κ1) is 13.6. The summed E-state index contributed by atoms with van der Waals surface area (Å²) in [5.74, 6) is 0.461. The molecule has 0 spiro atoms. The molecule has 1 atom stereocenters. The number of nitrogens with one attached hydrogen (secondary N) is 2. The molecule has 0 saturated carbocycles. The third-order valence-corrected chi connectivity index (χ3v) is 4.12. The molecule has 6 heteroatoms. The van der Waals surface area contributed by atoms with E-state index in [2.05, 4.69) is 10.3 Å². The number of ether oxygens (including phenoxy) is 1. The van der Waals surface area contributed by atoms with Crippen molar-refractivity contribution in [2.45, 2.75) is 13.0 Å². The summed E-state index contributed by atoms with van der Waals surface area (Å²) in [4.78, 5) is 27.0. The summed E-state index contributed by atoms with van der Waals surface area (Å²) in [6.45, 7) is 1.71. The van der Waals surface area contributed by atoms with E-state index in [4.69, 9.17) is 4.74 Å². The molecular weight excluding hydrogens is 294 g/mol. The first-order valence-electron chi connectivity index (χ1n) is 7.34. The van der Waals surface area contributed by atoms with Crippen LogP contribution in [0.15, 0.2) is 41.5 Å². The fourth-order valence-electron chi connectivity index (χ4n) is 2.92. The molecule has 1 unspecified atom stereocenters. The van der Waals surface area contributed by atoms with Crippen molar-refractivity contribution in [2.24, 2.45) is 7.05 Å². The Morgan fingerprint density at radius 3 is 2.83 bits per heavy atom. The van der Waals surface area contributed by atoms with Crippen molar-refractivity contribution in [2.75, 3.05) is 5.32 Å². The molecule has 1 aromatic carbocycles. The fraction of sp³-hybridized carbons (Fsp3) is 0.176. The van der Waals surface area contributed by atoms with Crippen molar-refractivity contribution >= 4 is 22.5 Å². The number of aromatic nitrogens is 2. The largest absolute Gasteiger partial charge is 0.478 e. The fourth-order valence-corrected chi connectivity index (χ4v) is 2.92. The van der Waals surface area contributed by atoms with Gasteiger partial charge in [-0.1, -0.05) is 12.1 Å². The van der Waals surface area contributed by atoms with Crippen LogP contribution in [0.2, 0.25) is 0 Å². The van der Waals surface area contributed by atoms with Crippen LogP contribution in [0, 0.1) is 0 Å². The van der Waals surface area contributed by atoms with Gasteiger partial charge in [0.25, 0.3) is 11.5 Å². The minimum Gasteiger partial charge on any atom is -0.478 e. The van der Waals surface area contributed by atoms with Crippen LogP contribution in [-0.2, 0) is 11.8 Å². The van der Waals surface area contributed by atoms with Crippen molar-refractivity contribution in [1.82, 2.24) is 9.55 Å². The summed E-state index contributed by atoms with van der Waals surface area (Å²) in [5, 5.41) is 3.68. The van der Waals surface area contributed by atoms with Gasteiger partial charge in [0.2, 0.25) is 0 Å². The SMILES string of the molecule is CC1Oc2c(cccc2-c2cn(C)c(=O)c3[nH]ccc23)NC1=O. The summed E-state index contributed by atoms with van der Waals surface area (Å²) in [6.07, 6.45) is 2.98. The van der Waals surface area contributed by atoms with Crippen LogP contribution in [0.25, 0.3) is 22.0 Å². The monoisotopic (exact) mass is 309 g/mol. The predicted molar refractivity (Wildman–Crippen MR) is 87.7 cm³/mol. The second kappa shape index (κ2) is 4.74. The van der Waals surface area contributed by atoms with Gasteiger partial charge in [0.05, 0.1) is 5.69 Å². The number of benzene rings is 1. The third-order valence-electron chi connectivity index (χ3n) is 4.12. The number of nitrogens with zero attached hydrogens (tertiary/aromatic N) is 1. The number of hydrogen-bond acceptors (Lipinski definition) is 3. The highest BCUT2D eigenvalue weighted by Gasteiger charge is 2.26. The number of fused-ring (bicyclic) bond motifs is 2. The van der Waals surface area contributed by atoms with Crippen LogP contribution < -0.4 is 15.6 Å². The van der Waals surface area contributed by atoms with Gasteiger partial charge in [-0.3, -0.25) is 9.59 Å². The molecule has 2 aromatic heterocycles. The summed E-state index contributed by atoms with van der Waals surface area (Å²) in [6, 6.07) is 7.46. The Kier molecular flexibility index (Phi) is 2.81. The van der Waals surface area contributed by atoms with E-state index in [0.29, 0.717) is 17.0 Å². The van der Waals surface area contributed by atoms with E-state index in [1.54, 1.807) is 37.0 Å². The van der Waals surface area contributed by atoms with Gasteiger partial charge in [-0.2, -0.15) is 0 Å². The molecule has 3 aromatic rings. The van der Waals surface area contributed by atoms with Crippen LogP contribution in [0.1, 0.15) is 6.92 Å². The van der Waals surface area contributed by atoms with Gasteiger partial charge in [0.1, 0.15) is 5.52 Å². The molecule has 0 radical (unpaired) electrons. The lowest BCUT2D eigenvalue weighted by atomic mass is 10.0. The average Bonchev–Trinajstić information content (AvgIpc) is 3.01. The van der Waals surface area contributed by atoms with Crippen molar-refractivity contribution in [3.63, 3.8) is 0 Å². The van der Waals surface area contributed by atoms with E-state index in [1.165, 1.54) is 0 Å². The van der Waals surface area contributed by atoms with Crippen LogP contribution in [0.5, 0.6) is 5.75 Å². The zero-order chi connectivity index (χ0) is 16.1. The molecular formula is C17H15N3O3. The number of pyridine rings is 1. The smallest absolute Gasteiger partial charge is 0.274 e. The molecule has 0 saturated heterocycles. The number of anilines is 1. The minimum absolute atomic E-state index is 0.0823. The third kappa shape index (κ3) is 1.95. The second-order valence-corrected chi connectivity index (χ2v) is 5.66. The maximum atomic E-state index is 12.2. The number of aryl methyl sites for hydroxylation is 1. The summed E-state index contributed by atoms with van der Waals surface area (Å²) >= 11 is 0. The molecule has 23 heavy (non-hydrogen) atoms. The van der Waals surface area contributed by atoms with Gasteiger partial charge in [-0.25, -0.2) is 0 Å². The maximum absolute atomic E-state index is 12.2. The number of aromatic amines is 1. The van der Waals surface area contributed by atoms with Crippen molar-refractivity contribution in [3.05, 3.63) is 47.0 Å². The number of para-hydroxylation sites is 1. The number of rotatable bonds is 1. The van der Waals surface area contributed by atoms with Crippen molar-refractivity contribution in [1.29, 1.82) is 0 Å². The summed E-state index contributed by atoms with van der Waals surface area (Å²) < 4.78 is 7.36. The highest BCUT2D eigenvalue weighted by Crippen LogP contribution is 2.41. The average molecular weight is 309 g/mol. The molecule has 116 valence electrons. The standard InChI is InChI=1S/C17H15N3O3/c1-9-16(21)19-13-5-3-4-11(15(13)23-9)12-8-20(2)17(22)14-10(12)6-7-18-14/h3-9,18H,1-2H3,(H,19,21). The lowest BCUT2D eigenvalue weighted by Gasteiger charge is -2.25. The summed E-state index contributed by atoms with van der Waals surface area (Å²) in [7, 11) is 1.72. The van der Waals surface area contributed by atoms with E-state index < -0.39 is 6.10 Å². The molecule has 2 N–H and O–H groups in total. The van der Waals surface area contributed by atoms with Gasteiger partial charge >= 0.3 is 0 Å². The molecule has 1 aliphatic heterocycles. The van der Waals surface area contributed by atoms with Crippen molar-refractivity contribution in [3.8, 4) is 16.9 Å². The second-order valence-electron chi connectivity index (χ2n) is 5.66. The molecule has 0 bridgehead atoms. The maximum Gasteiger partial charge on any atom is 0.274 e. The zero-order valence-corrected chi connectivity index (χ0v) is 12.7. The molecule has 0 aliphatic carbocycles. The topological polar surface area (TPSA) is 76.1 Å². The number of hydrogen-bond donors (Lipinski definition) is 2. The van der Waals surface area contributed by atoms with Crippen LogP contribution in [-0.4, -0.2) is 21.6 Å². The quantitative estimate of drug-likeness (QED) is 0.724. The Balaban J connectivity index is 2.02. The van der Waals surface area contributed by atoms with Gasteiger partial charge in [0, 0.05) is 36.0 Å². The predicted octanol–water partition coefficient (Wildman–Crippen LogP) is 2.25. The Morgan fingerprint density at radius 2 is 2.00 bits per heavy atom. The lowest BCUT2D eigenvalue weighted by Crippen LogP contribution is -2.34. The number of amides is 1. The zero-order valence-electron chi connectivity index (χ0n) is 12.7. The molecule has 1 amide bonds. The van der Waals surface area contributed by atoms with Gasteiger partial charge in [-0.05, 0) is 19.1 Å². The Hall–Kier alpha value is -3.02. The lowest BCUT2D eigenvalue weighted by molar-refractivity contribution is -0.122. The normalized spacial score (nSPS) is 16.8. The van der Waals surface area contributed by atoms with Crippen LogP contribution in [0.4, 0.5) is 5.69 Å². The first-order valence-corrected chi connectivity index (χ1v) is 7.34. The number of carbonyl (C=O) groups is 1. The highest BCUT2D eigenvalue weighted by molar-refractivity contribution is 6.02. The minimum atomic E-state index is -0.558. The van der Waals surface area contributed by atoms with E-state index in [9.17, 15) is 9.59 Å². The van der Waals surface area contributed by atoms with E-state index in [0.717, 1.165) is 16.5 Å². The molecule has 4 rings (SSSR count). The van der Waals surface area contributed by atoms with Crippen molar-refractivity contribution < 1.29 is 9.53 Å². The van der Waals surface area contributed by atoms with Gasteiger partial charge in [-0.15, -0.1) is 0 Å². The number of carbonyl (C=O) groups excluding carboxylic acids is 1. The number of H-pyrrole nitrogens is 1. The van der Waals surface area contributed by atoms with Crippen LogP contribution in [0.3, 0.4) is 0 Å². The van der Waals surface area contributed by atoms with E-state index in [-0.39, 0.29) is 11.5 Å². The van der Waals surface area contributed by atoms with E-state index >= 15 is 0 Å².